The molecule has 0 spiro atoms. The van der Waals surface area contributed by atoms with Gasteiger partial charge in [-0.25, -0.2) is 0 Å². The van der Waals surface area contributed by atoms with E-state index in [2.05, 4.69) is 65.1 Å². The predicted octanol–water partition coefficient (Wildman–Crippen LogP) is 2.89. The highest BCUT2D eigenvalue weighted by Crippen LogP contribution is 2.16. The van der Waals surface area contributed by atoms with E-state index < -0.39 is 0 Å². The molecule has 0 aliphatic rings. The first-order valence-electron chi connectivity index (χ1n) is 7.41. The quantitative estimate of drug-likeness (QED) is 0.842. The summed E-state index contributed by atoms with van der Waals surface area (Å²) in [5, 5.41) is 11.7. The topological polar surface area (TPSA) is 42.7 Å². The minimum absolute atomic E-state index is 0.414. The summed E-state index contributed by atoms with van der Waals surface area (Å²) in [5.74, 6) is 1.05. The normalized spacial score (nSPS) is 12.6. The number of aryl methyl sites for hydroxylation is 2. The van der Waals surface area contributed by atoms with Gasteiger partial charge in [0.15, 0.2) is 0 Å². The van der Waals surface area contributed by atoms with Crippen molar-refractivity contribution in [3.05, 3.63) is 47.5 Å². The fourth-order valence-electron chi connectivity index (χ4n) is 2.40. The molecule has 0 aliphatic carbocycles. The van der Waals surface area contributed by atoms with Crippen molar-refractivity contribution in [1.29, 1.82) is 0 Å². The molecule has 4 heteroatoms. The molecule has 0 amide bonds. The van der Waals surface area contributed by atoms with Gasteiger partial charge in [0.25, 0.3) is 0 Å². The van der Waals surface area contributed by atoms with Gasteiger partial charge in [-0.2, -0.15) is 0 Å². The van der Waals surface area contributed by atoms with Gasteiger partial charge in [0, 0.05) is 25.6 Å². The molecule has 1 N–H and O–H groups in total. The van der Waals surface area contributed by atoms with E-state index in [4.69, 9.17) is 0 Å². The number of aromatic nitrogens is 3. The third-order valence-electron chi connectivity index (χ3n) is 3.64. The van der Waals surface area contributed by atoms with Crippen molar-refractivity contribution in [3.8, 4) is 0 Å². The average Bonchev–Trinajstić information content (AvgIpc) is 2.92. The van der Waals surface area contributed by atoms with E-state index in [0.717, 1.165) is 31.8 Å². The lowest BCUT2D eigenvalue weighted by Crippen LogP contribution is -2.25. The van der Waals surface area contributed by atoms with Crippen molar-refractivity contribution in [3.63, 3.8) is 0 Å². The molecule has 0 fully saturated rings. The van der Waals surface area contributed by atoms with Crippen LogP contribution in [-0.2, 0) is 13.0 Å². The number of hydrogen-bond acceptors (Lipinski definition) is 3. The Morgan fingerprint density at radius 2 is 1.95 bits per heavy atom. The molecule has 20 heavy (non-hydrogen) atoms. The van der Waals surface area contributed by atoms with Crippen LogP contribution in [0, 0.1) is 6.92 Å². The van der Waals surface area contributed by atoms with Crippen LogP contribution in [0.25, 0.3) is 0 Å². The van der Waals surface area contributed by atoms with Crippen molar-refractivity contribution < 1.29 is 0 Å². The number of nitrogens with zero attached hydrogens (tertiary/aromatic N) is 3. The van der Waals surface area contributed by atoms with Crippen LogP contribution in [0.3, 0.4) is 0 Å². The molecule has 2 rings (SSSR count). The largest absolute Gasteiger partial charge is 0.316 e. The summed E-state index contributed by atoms with van der Waals surface area (Å²) < 4.78 is 2.12. The molecule has 0 radical (unpaired) electrons. The number of nitrogens with one attached hydrogen (secondary N) is 1. The standard InChI is InChI=1S/C16H24N4/c1-4-15(14-8-6-13(3)7-9-14)17-10-11-20-12-18-19-16(20)5-2/h6-9,12,15,17H,4-5,10-11H2,1-3H3/t15-/m1/s1. The highest BCUT2D eigenvalue weighted by molar-refractivity contribution is 5.24. The summed E-state index contributed by atoms with van der Waals surface area (Å²) in [7, 11) is 0. The molecule has 1 aromatic carbocycles. The van der Waals surface area contributed by atoms with Crippen LogP contribution in [0.2, 0.25) is 0 Å². The number of hydrogen-bond donors (Lipinski definition) is 1. The molecule has 108 valence electrons. The Hall–Kier alpha value is -1.68. The molecule has 2 aromatic rings. The summed E-state index contributed by atoms with van der Waals surface area (Å²) in [6.07, 6.45) is 3.83. The highest BCUT2D eigenvalue weighted by Gasteiger charge is 2.08. The lowest BCUT2D eigenvalue weighted by atomic mass is 10.0. The summed E-state index contributed by atoms with van der Waals surface area (Å²) >= 11 is 0. The van der Waals surface area contributed by atoms with Crippen LogP contribution in [0.5, 0.6) is 0 Å². The van der Waals surface area contributed by atoms with E-state index in [-0.39, 0.29) is 0 Å². The van der Waals surface area contributed by atoms with Crippen LogP contribution in [0.4, 0.5) is 0 Å². The Bertz CT molecular complexity index is 516. The van der Waals surface area contributed by atoms with Crippen LogP contribution in [-0.4, -0.2) is 21.3 Å². The second-order valence-corrected chi connectivity index (χ2v) is 5.12. The Morgan fingerprint density at radius 1 is 1.20 bits per heavy atom. The fourth-order valence-corrected chi connectivity index (χ4v) is 2.40. The van der Waals surface area contributed by atoms with E-state index in [1.807, 2.05) is 6.33 Å². The maximum atomic E-state index is 4.11. The first-order chi connectivity index (χ1) is 9.74. The molecule has 0 unspecified atom stereocenters. The highest BCUT2D eigenvalue weighted by atomic mass is 15.3. The Morgan fingerprint density at radius 3 is 2.60 bits per heavy atom. The summed E-state index contributed by atoms with van der Waals surface area (Å²) in [4.78, 5) is 0. The first-order valence-corrected chi connectivity index (χ1v) is 7.41. The number of benzene rings is 1. The molecule has 0 aliphatic heterocycles. The van der Waals surface area contributed by atoms with Crippen LogP contribution >= 0.6 is 0 Å². The van der Waals surface area contributed by atoms with Crippen molar-refractivity contribution >= 4 is 0 Å². The van der Waals surface area contributed by atoms with E-state index in [1.54, 1.807) is 0 Å². The Balaban J connectivity index is 1.89. The first kappa shape index (κ1) is 14.7. The lowest BCUT2D eigenvalue weighted by Gasteiger charge is -2.18. The van der Waals surface area contributed by atoms with Gasteiger partial charge in [-0.1, -0.05) is 43.7 Å². The van der Waals surface area contributed by atoms with Gasteiger partial charge in [0.2, 0.25) is 0 Å². The predicted molar refractivity (Wildman–Crippen MR) is 81.6 cm³/mol. The van der Waals surface area contributed by atoms with E-state index in [1.165, 1.54) is 11.1 Å². The van der Waals surface area contributed by atoms with Crippen molar-refractivity contribution in [1.82, 2.24) is 20.1 Å². The summed E-state index contributed by atoms with van der Waals surface area (Å²) in [6.45, 7) is 8.29. The van der Waals surface area contributed by atoms with E-state index in [9.17, 15) is 0 Å². The van der Waals surface area contributed by atoms with Crippen LogP contribution < -0.4 is 5.32 Å². The Labute approximate surface area is 121 Å². The lowest BCUT2D eigenvalue weighted by molar-refractivity contribution is 0.487. The molecule has 4 nitrogen and oxygen atoms in total. The van der Waals surface area contributed by atoms with Gasteiger partial charge in [-0.05, 0) is 18.9 Å². The van der Waals surface area contributed by atoms with Crippen molar-refractivity contribution in [2.45, 2.75) is 46.2 Å². The zero-order valence-corrected chi connectivity index (χ0v) is 12.6. The average molecular weight is 272 g/mol. The SMILES string of the molecule is CCc1nncn1CCN[C@H](CC)c1ccc(C)cc1. The van der Waals surface area contributed by atoms with Gasteiger partial charge in [-0.3, -0.25) is 0 Å². The smallest absolute Gasteiger partial charge is 0.132 e. The van der Waals surface area contributed by atoms with Gasteiger partial charge in [0.1, 0.15) is 12.2 Å². The van der Waals surface area contributed by atoms with E-state index >= 15 is 0 Å². The van der Waals surface area contributed by atoms with E-state index in [0.29, 0.717) is 6.04 Å². The maximum absolute atomic E-state index is 4.11. The molecule has 0 saturated carbocycles. The molecule has 1 atom stereocenters. The van der Waals surface area contributed by atoms with Gasteiger partial charge in [-0.15, -0.1) is 10.2 Å². The van der Waals surface area contributed by atoms with Crippen LogP contribution in [0.15, 0.2) is 30.6 Å². The third kappa shape index (κ3) is 3.67. The molecular weight excluding hydrogens is 248 g/mol. The van der Waals surface area contributed by atoms with Gasteiger partial charge >= 0.3 is 0 Å². The molecule has 0 saturated heterocycles. The second-order valence-electron chi connectivity index (χ2n) is 5.12. The van der Waals surface area contributed by atoms with Crippen molar-refractivity contribution in [2.75, 3.05) is 6.54 Å². The second kappa shape index (κ2) is 7.20. The zero-order valence-electron chi connectivity index (χ0n) is 12.6. The maximum Gasteiger partial charge on any atom is 0.132 e. The Kier molecular flexibility index (Phi) is 5.30. The molecule has 1 aromatic heterocycles. The zero-order chi connectivity index (χ0) is 14.4. The number of rotatable bonds is 7. The minimum Gasteiger partial charge on any atom is -0.316 e. The molecule has 0 bridgehead atoms. The third-order valence-corrected chi connectivity index (χ3v) is 3.64. The minimum atomic E-state index is 0.414. The van der Waals surface area contributed by atoms with Gasteiger partial charge in [0.05, 0.1) is 0 Å². The summed E-state index contributed by atoms with van der Waals surface area (Å²) in [5.41, 5.74) is 2.67. The monoisotopic (exact) mass is 272 g/mol. The van der Waals surface area contributed by atoms with Crippen LogP contribution in [0.1, 0.15) is 43.3 Å². The fraction of sp³-hybridized carbons (Fsp3) is 0.500. The molecular formula is C16H24N4. The van der Waals surface area contributed by atoms with Crippen molar-refractivity contribution in [2.24, 2.45) is 0 Å². The molecule has 1 heterocycles. The summed E-state index contributed by atoms with van der Waals surface area (Å²) in [6, 6.07) is 9.19. The van der Waals surface area contributed by atoms with Gasteiger partial charge < -0.3 is 9.88 Å².